The molecular weight excluding hydrogens is 432 g/mol. The molecule has 6 aromatic rings. The number of benzene rings is 5. The number of rotatable bonds is 2. The molecule has 2 heterocycles. The summed E-state index contributed by atoms with van der Waals surface area (Å²) in [4.78, 5) is 0. The lowest BCUT2D eigenvalue weighted by Crippen LogP contribution is -2.72. The molecule has 156 valence electrons. The van der Waals surface area contributed by atoms with Crippen LogP contribution in [0.5, 0.6) is 0 Å². The summed E-state index contributed by atoms with van der Waals surface area (Å²) >= 11 is 1.91. The molecule has 0 fully saturated rings. The van der Waals surface area contributed by atoms with Gasteiger partial charge in [0.2, 0.25) is 0 Å². The maximum absolute atomic E-state index is 2.55. The van der Waals surface area contributed by atoms with Crippen LogP contribution in [-0.4, -0.2) is 8.07 Å². The highest BCUT2D eigenvalue weighted by Crippen LogP contribution is 2.38. The molecule has 2 heteroatoms. The van der Waals surface area contributed by atoms with E-state index in [9.17, 15) is 0 Å². The molecule has 1 aliphatic rings. The smallest absolute Gasteiger partial charge is 0.135 e. The van der Waals surface area contributed by atoms with Crippen LogP contribution in [0.15, 0.2) is 115 Å². The normalized spacial score (nSPS) is 16.8. The predicted molar refractivity (Wildman–Crippen MR) is 147 cm³/mol. The third-order valence-corrected chi connectivity index (χ3v) is 13.2. The van der Waals surface area contributed by atoms with E-state index >= 15 is 0 Å². The van der Waals surface area contributed by atoms with Crippen LogP contribution in [0, 0.1) is 6.92 Å². The van der Waals surface area contributed by atoms with Gasteiger partial charge in [-0.15, -0.1) is 11.3 Å². The minimum absolute atomic E-state index is 1.32. The van der Waals surface area contributed by atoms with Gasteiger partial charge in [0, 0.05) is 20.2 Å². The first-order chi connectivity index (χ1) is 16.3. The Bertz CT molecular complexity index is 1680. The Morgan fingerprint density at radius 1 is 0.515 bits per heavy atom. The van der Waals surface area contributed by atoms with E-state index in [0.29, 0.717) is 0 Å². The van der Waals surface area contributed by atoms with Gasteiger partial charge >= 0.3 is 0 Å². The van der Waals surface area contributed by atoms with Gasteiger partial charge < -0.3 is 0 Å². The van der Waals surface area contributed by atoms with Crippen LogP contribution in [0.1, 0.15) is 5.56 Å². The van der Waals surface area contributed by atoms with Crippen molar-refractivity contribution in [2.45, 2.75) is 6.92 Å². The maximum Gasteiger partial charge on any atom is 0.180 e. The molecule has 0 amide bonds. The molecule has 1 unspecified atom stereocenters. The van der Waals surface area contributed by atoms with E-state index in [4.69, 9.17) is 0 Å². The number of thiophene rings is 1. The predicted octanol–water partition coefficient (Wildman–Crippen LogP) is 5.72. The average molecular weight is 455 g/mol. The summed E-state index contributed by atoms with van der Waals surface area (Å²) in [7, 11) is -2.43. The van der Waals surface area contributed by atoms with Gasteiger partial charge in [0.15, 0.2) is 8.07 Å². The molecule has 0 nitrogen and oxygen atoms in total. The van der Waals surface area contributed by atoms with Gasteiger partial charge in [0.25, 0.3) is 0 Å². The van der Waals surface area contributed by atoms with Crippen LogP contribution in [0.3, 0.4) is 0 Å². The molecule has 0 N–H and O–H groups in total. The van der Waals surface area contributed by atoms with Crippen molar-refractivity contribution in [3.05, 3.63) is 121 Å². The largest absolute Gasteiger partial charge is 0.180 e. The van der Waals surface area contributed by atoms with Gasteiger partial charge in [0.1, 0.15) is 0 Å². The second-order valence-corrected chi connectivity index (χ2v) is 13.8. The van der Waals surface area contributed by atoms with E-state index in [1.807, 2.05) is 11.3 Å². The Kier molecular flexibility index (Phi) is 4.05. The Hall–Kier alpha value is -3.46. The van der Waals surface area contributed by atoms with Crippen LogP contribution in [-0.2, 0) is 0 Å². The molecule has 0 saturated carbocycles. The third kappa shape index (κ3) is 2.56. The van der Waals surface area contributed by atoms with Crippen molar-refractivity contribution in [1.82, 2.24) is 0 Å². The first kappa shape index (κ1) is 19.0. The molecule has 7 rings (SSSR count). The van der Waals surface area contributed by atoms with Gasteiger partial charge in [-0.05, 0) is 50.9 Å². The van der Waals surface area contributed by atoms with E-state index < -0.39 is 8.07 Å². The average Bonchev–Trinajstić information content (AvgIpc) is 3.36. The van der Waals surface area contributed by atoms with E-state index in [1.165, 1.54) is 57.6 Å². The first-order valence-electron chi connectivity index (χ1n) is 11.4. The quantitative estimate of drug-likeness (QED) is 0.293. The first-order valence-corrected chi connectivity index (χ1v) is 14.3. The summed E-state index contributed by atoms with van der Waals surface area (Å²) in [5.74, 6) is 0. The highest BCUT2D eigenvalue weighted by atomic mass is 32.1. The molecule has 0 saturated heterocycles. The summed E-state index contributed by atoms with van der Waals surface area (Å²) in [6.45, 7) is 2.22. The summed E-state index contributed by atoms with van der Waals surface area (Å²) in [6, 6.07) is 43.5. The Morgan fingerprint density at radius 2 is 1.27 bits per heavy atom. The van der Waals surface area contributed by atoms with Crippen LogP contribution in [0.4, 0.5) is 0 Å². The molecule has 1 aromatic heterocycles. The Morgan fingerprint density at radius 3 is 2.15 bits per heavy atom. The SMILES string of the molecule is Cc1cccc([Si]2(c3ccccc3)c3ccccc3-c3cc4sc5ccccc5c4cc32)c1. The Balaban J connectivity index is 1.70. The molecule has 1 aliphatic heterocycles. The zero-order valence-corrected chi connectivity index (χ0v) is 20.2. The summed E-state index contributed by atoms with van der Waals surface area (Å²) in [5, 5.41) is 8.73. The maximum atomic E-state index is 2.55. The van der Waals surface area contributed by atoms with Crippen molar-refractivity contribution in [2.75, 3.05) is 0 Å². The summed E-state index contributed by atoms with van der Waals surface area (Å²) in [5.41, 5.74) is 4.15. The van der Waals surface area contributed by atoms with Crippen molar-refractivity contribution < 1.29 is 0 Å². The lowest BCUT2D eigenvalue weighted by atomic mass is 10.0. The topological polar surface area (TPSA) is 0 Å². The monoisotopic (exact) mass is 454 g/mol. The minimum atomic E-state index is -2.43. The van der Waals surface area contributed by atoms with Crippen molar-refractivity contribution in [3.8, 4) is 11.1 Å². The molecule has 33 heavy (non-hydrogen) atoms. The summed E-state index contributed by atoms with van der Waals surface area (Å²) in [6.07, 6.45) is 0. The molecule has 0 radical (unpaired) electrons. The highest BCUT2D eigenvalue weighted by Gasteiger charge is 2.48. The Labute approximate surface area is 198 Å². The standard InChI is InChI=1S/C31H22SSi/c1-21-10-9-13-23(18-21)33(22-11-3-2-4-12-22)30-17-8-6-15-25(30)27-19-29-26(20-31(27)33)24-14-5-7-16-28(24)32-29/h2-20H,1H3. The van der Waals surface area contributed by atoms with E-state index in [0.717, 1.165) is 0 Å². The fraction of sp³-hybridized carbons (Fsp3) is 0.0323. The lowest BCUT2D eigenvalue weighted by Gasteiger charge is -2.31. The third-order valence-electron chi connectivity index (χ3n) is 7.20. The van der Waals surface area contributed by atoms with Crippen molar-refractivity contribution in [3.63, 3.8) is 0 Å². The number of aryl methyl sites for hydroxylation is 1. The lowest BCUT2D eigenvalue weighted by molar-refractivity contribution is 1.49. The van der Waals surface area contributed by atoms with E-state index in [-0.39, 0.29) is 0 Å². The van der Waals surface area contributed by atoms with Gasteiger partial charge in [-0.3, -0.25) is 0 Å². The molecular formula is C31H22SSi. The minimum Gasteiger partial charge on any atom is -0.135 e. The van der Waals surface area contributed by atoms with Crippen molar-refractivity contribution in [2.24, 2.45) is 0 Å². The summed E-state index contributed by atoms with van der Waals surface area (Å²) < 4.78 is 2.75. The second kappa shape index (κ2) is 7.02. The fourth-order valence-electron chi connectivity index (χ4n) is 5.85. The zero-order valence-electron chi connectivity index (χ0n) is 18.4. The van der Waals surface area contributed by atoms with Crippen LogP contribution >= 0.6 is 11.3 Å². The van der Waals surface area contributed by atoms with Crippen molar-refractivity contribution >= 4 is 60.3 Å². The van der Waals surface area contributed by atoms with Gasteiger partial charge in [0.05, 0.1) is 0 Å². The number of hydrogen-bond acceptors (Lipinski definition) is 1. The van der Waals surface area contributed by atoms with Crippen LogP contribution in [0.2, 0.25) is 0 Å². The van der Waals surface area contributed by atoms with E-state index in [1.54, 1.807) is 0 Å². The van der Waals surface area contributed by atoms with Crippen LogP contribution in [0.25, 0.3) is 31.3 Å². The van der Waals surface area contributed by atoms with E-state index in [2.05, 4.69) is 122 Å². The zero-order chi connectivity index (χ0) is 22.0. The number of fused-ring (bicyclic) bond motifs is 6. The van der Waals surface area contributed by atoms with Crippen molar-refractivity contribution in [1.29, 1.82) is 0 Å². The molecule has 0 bridgehead atoms. The van der Waals surface area contributed by atoms with Crippen LogP contribution < -0.4 is 20.7 Å². The van der Waals surface area contributed by atoms with Gasteiger partial charge in [-0.2, -0.15) is 0 Å². The molecule has 0 spiro atoms. The molecule has 0 aliphatic carbocycles. The number of hydrogen-bond donors (Lipinski definition) is 0. The van der Waals surface area contributed by atoms with Gasteiger partial charge in [-0.1, -0.05) is 109 Å². The fourth-order valence-corrected chi connectivity index (χ4v) is 12.3. The van der Waals surface area contributed by atoms with Gasteiger partial charge in [-0.25, -0.2) is 0 Å². The molecule has 1 atom stereocenters. The highest BCUT2D eigenvalue weighted by molar-refractivity contribution is 7.26. The molecule has 5 aromatic carbocycles. The second-order valence-electron chi connectivity index (χ2n) is 9.02.